The summed E-state index contributed by atoms with van der Waals surface area (Å²) in [4.78, 5) is 22.4. The van der Waals surface area contributed by atoms with Crippen molar-refractivity contribution < 1.29 is 19.4 Å². The predicted octanol–water partition coefficient (Wildman–Crippen LogP) is 0.392. The second-order valence-corrected chi connectivity index (χ2v) is 4.99. The summed E-state index contributed by atoms with van der Waals surface area (Å²) in [6.07, 6.45) is 2.30. The van der Waals surface area contributed by atoms with E-state index in [0.717, 1.165) is 19.4 Å². The molecule has 2 N–H and O–H groups in total. The Labute approximate surface area is 94.2 Å². The molecule has 3 atom stereocenters. The van der Waals surface area contributed by atoms with Crippen LogP contribution in [-0.2, 0) is 14.3 Å². The molecule has 1 aliphatic carbocycles. The second-order valence-electron chi connectivity index (χ2n) is 4.99. The summed E-state index contributed by atoms with van der Waals surface area (Å²) in [5.41, 5.74) is -0.318. The highest BCUT2D eigenvalue weighted by molar-refractivity contribution is 5.89. The van der Waals surface area contributed by atoms with E-state index in [0.29, 0.717) is 13.0 Å². The van der Waals surface area contributed by atoms with E-state index in [1.54, 1.807) is 0 Å². The molecule has 1 amide bonds. The summed E-state index contributed by atoms with van der Waals surface area (Å²) in [5.74, 6) is -1.82. The Morgan fingerprint density at radius 3 is 2.69 bits per heavy atom. The Hall–Kier alpha value is -1.10. The molecule has 0 aromatic carbocycles. The van der Waals surface area contributed by atoms with Crippen molar-refractivity contribution in [2.75, 3.05) is 13.2 Å². The zero-order chi connectivity index (χ0) is 11.8. The minimum Gasteiger partial charge on any atom is -0.481 e. The highest BCUT2D eigenvalue weighted by Crippen LogP contribution is 2.39. The van der Waals surface area contributed by atoms with Crippen LogP contribution in [-0.4, -0.2) is 35.7 Å². The molecule has 0 spiro atoms. The van der Waals surface area contributed by atoms with Gasteiger partial charge in [-0.15, -0.1) is 0 Å². The lowest BCUT2D eigenvalue weighted by Gasteiger charge is -2.34. The van der Waals surface area contributed by atoms with Crippen LogP contribution >= 0.6 is 0 Å². The number of amides is 1. The van der Waals surface area contributed by atoms with Crippen molar-refractivity contribution in [1.29, 1.82) is 0 Å². The van der Waals surface area contributed by atoms with Crippen molar-refractivity contribution in [3.05, 3.63) is 0 Å². The highest BCUT2D eigenvalue weighted by Gasteiger charge is 2.49. The zero-order valence-corrected chi connectivity index (χ0v) is 9.36. The molecule has 1 saturated heterocycles. The van der Waals surface area contributed by atoms with Crippen LogP contribution in [0.15, 0.2) is 0 Å². The molecule has 1 aliphatic heterocycles. The second kappa shape index (κ2) is 4.05. The van der Waals surface area contributed by atoms with E-state index in [2.05, 4.69) is 5.32 Å². The van der Waals surface area contributed by atoms with Crippen molar-refractivity contribution in [1.82, 2.24) is 5.32 Å². The van der Waals surface area contributed by atoms with Gasteiger partial charge in [0.25, 0.3) is 0 Å². The van der Waals surface area contributed by atoms with Crippen molar-refractivity contribution in [3.63, 3.8) is 0 Å². The summed E-state index contributed by atoms with van der Waals surface area (Å²) in [5, 5.41) is 11.7. The number of hydrogen-bond acceptors (Lipinski definition) is 3. The van der Waals surface area contributed by atoms with Gasteiger partial charge in [-0.05, 0) is 26.2 Å². The molecule has 0 aromatic rings. The Kier molecular flexibility index (Phi) is 2.88. The fourth-order valence-corrected chi connectivity index (χ4v) is 2.18. The Morgan fingerprint density at radius 1 is 1.44 bits per heavy atom. The fourth-order valence-electron chi connectivity index (χ4n) is 2.18. The molecule has 2 rings (SSSR count). The monoisotopic (exact) mass is 227 g/mol. The third-order valence-electron chi connectivity index (χ3n) is 3.31. The van der Waals surface area contributed by atoms with Crippen molar-refractivity contribution in [2.45, 2.75) is 31.7 Å². The molecule has 90 valence electrons. The van der Waals surface area contributed by atoms with Crippen LogP contribution in [0, 0.1) is 11.8 Å². The zero-order valence-electron chi connectivity index (χ0n) is 9.36. The maximum atomic E-state index is 11.8. The maximum Gasteiger partial charge on any atom is 0.307 e. The maximum absolute atomic E-state index is 11.8. The minimum atomic E-state index is -0.870. The highest BCUT2D eigenvalue weighted by atomic mass is 16.5. The average Bonchev–Trinajstić information content (AvgIpc) is 2.97. The van der Waals surface area contributed by atoms with Gasteiger partial charge in [0, 0.05) is 6.61 Å². The summed E-state index contributed by atoms with van der Waals surface area (Å²) < 4.78 is 5.33. The van der Waals surface area contributed by atoms with Gasteiger partial charge in [-0.25, -0.2) is 0 Å². The van der Waals surface area contributed by atoms with Crippen LogP contribution in [0.1, 0.15) is 26.2 Å². The lowest BCUT2D eigenvalue weighted by molar-refractivity contribution is -0.140. The summed E-state index contributed by atoms with van der Waals surface area (Å²) in [6, 6.07) is 0. The third-order valence-corrected chi connectivity index (χ3v) is 3.31. The molecule has 2 fully saturated rings. The third kappa shape index (κ3) is 2.35. The molecular formula is C11H17NO4. The standard InChI is InChI=1S/C11H17NO4/c1-11(3-2-4-16-6-11)12-9(13)7-5-8(7)10(14)15/h7-8H,2-6H2,1H3,(H,12,13)(H,14,15)/t7-,8+,11?/m1/s1. The molecule has 5 nitrogen and oxygen atoms in total. The largest absolute Gasteiger partial charge is 0.481 e. The Balaban J connectivity index is 1.85. The number of carboxylic acids is 1. The van der Waals surface area contributed by atoms with Crippen LogP contribution < -0.4 is 5.32 Å². The van der Waals surface area contributed by atoms with Crippen LogP contribution in [0.25, 0.3) is 0 Å². The topological polar surface area (TPSA) is 75.6 Å². The van der Waals surface area contributed by atoms with E-state index in [4.69, 9.17) is 9.84 Å². The molecule has 1 heterocycles. The lowest BCUT2D eigenvalue weighted by Crippen LogP contribution is -2.52. The van der Waals surface area contributed by atoms with E-state index in [-0.39, 0.29) is 17.4 Å². The van der Waals surface area contributed by atoms with E-state index in [1.165, 1.54) is 0 Å². The number of aliphatic carboxylic acids is 1. The summed E-state index contributed by atoms with van der Waals surface area (Å²) in [6.45, 7) is 3.21. The van der Waals surface area contributed by atoms with Crippen LogP contribution in [0.2, 0.25) is 0 Å². The first kappa shape index (κ1) is 11.4. The normalized spacial score (nSPS) is 37.8. The van der Waals surface area contributed by atoms with E-state index >= 15 is 0 Å². The van der Waals surface area contributed by atoms with Gasteiger partial charge >= 0.3 is 5.97 Å². The van der Waals surface area contributed by atoms with E-state index < -0.39 is 11.9 Å². The molecule has 0 aromatic heterocycles. The van der Waals surface area contributed by atoms with Gasteiger partial charge in [0.2, 0.25) is 5.91 Å². The Bertz CT molecular complexity index is 309. The number of ether oxygens (including phenoxy) is 1. The van der Waals surface area contributed by atoms with Crippen molar-refractivity contribution >= 4 is 11.9 Å². The van der Waals surface area contributed by atoms with Gasteiger partial charge in [-0.1, -0.05) is 0 Å². The van der Waals surface area contributed by atoms with Gasteiger partial charge in [-0.2, -0.15) is 0 Å². The van der Waals surface area contributed by atoms with Gasteiger partial charge in [0.15, 0.2) is 0 Å². The van der Waals surface area contributed by atoms with Crippen molar-refractivity contribution in [3.8, 4) is 0 Å². The van der Waals surface area contributed by atoms with E-state index in [1.807, 2.05) is 6.92 Å². The fraction of sp³-hybridized carbons (Fsp3) is 0.818. The van der Waals surface area contributed by atoms with Crippen LogP contribution in [0.3, 0.4) is 0 Å². The van der Waals surface area contributed by atoms with Gasteiger partial charge in [-0.3, -0.25) is 9.59 Å². The molecule has 1 unspecified atom stereocenters. The minimum absolute atomic E-state index is 0.139. The molecular weight excluding hydrogens is 210 g/mol. The first-order valence-electron chi connectivity index (χ1n) is 5.64. The average molecular weight is 227 g/mol. The number of hydrogen-bond donors (Lipinski definition) is 2. The van der Waals surface area contributed by atoms with Gasteiger partial charge in [0.1, 0.15) is 0 Å². The molecule has 16 heavy (non-hydrogen) atoms. The van der Waals surface area contributed by atoms with Crippen LogP contribution in [0.5, 0.6) is 0 Å². The molecule has 5 heteroatoms. The van der Waals surface area contributed by atoms with Crippen molar-refractivity contribution in [2.24, 2.45) is 11.8 Å². The SMILES string of the molecule is CC1(NC(=O)[C@@H]2C[C@@H]2C(=O)O)CCCOC1. The predicted molar refractivity (Wildman–Crippen MR) is 55.8 cm³/mol. The molecule has 2 aliphatic rings. The lowest BCUT2D eigenvalue weighted by atomic mass is 9.94. The smallest absolute Gasteiger partial charge is 0.307 e. The van der Waals surface area contributed by atoms with Crippen LogP contribution in [0.4, 0.5) is 0 Å². The molecule has 0 radical (unpaired) electrons. The summed E-state index contributed by atoms with van der Waals surface area (Å²) in [7, 11) is 0. The quantitative estimate of drug-likeness (QED) is 0.731. The number of carboxylic acid groups (broad SMARTS) is 1. The molecule has 0 bridgehead atoms. The molecule has 1 saturated carbocycles. The van der Waals surface area contributed by atoms with Gasteiger partial charge in [0.05, 0.1) is 24.0 Å². The number of rotatable bonds is 3. The Morgan fingerprint density at radius 2 is 2.19 bits per heavy atom. The summed E-state index contributed by atoms with van der Waals surface area (Å²) >= 11 is 0. The van der Waals surface area contributed by atoms with Gasteiger partial charge < -0.3 is 15.2 Å². The number of nitrogens with one attached hydrogen (secondary N) is 1. The first-order valence-corrected chi connectivity index (χ1v) is 5.64. The number of carbonyl (C=O) groups excluding carboxylic acids is 1. The number of carbonyl (C=O) groups is 2. The van der Waals surface area contributed by atoms with E-state index in [9.17, 15) is 9.59 Å². The first-order chi connectivity index (χ1) is 7.52.